The molecular formula is C14H9NO2. The summed E-state index contributed by atoms with van der Waals surface area (Å²) in [6.45, 7) is 0. The van der Waals surface area contributed by atoms with Crippen molar-refractivity contribution in [2.75, 3.05) is 0 Å². The number of nitrogens with zero attached hydrogens (tertiary/aromatic N) is 1. The number of fused-ring (bicyclic) bond motifs is 1. The van der Waals surface area contributed by atoms with Gasteiger partial charge in [0.2, 0.25) is 0 Å². The lowest BCUT2D eigenvalue weighted by Gasteiger charge is -2.13. The number of benzene rings is 2. The van der Waals surface area contributed by atoms with Gasteiger partial charge < -0.3 is 9.47 Å². The first kappa shape index (κ1) is 9.73. The van der Waals surface area contributed by atoms with E-state index < -0.39 is 6.29 Å². The van der Waals surface area contributed by atoms with Crippen LogP contribution in [-0.2, 0) is 9.47 Å². The van der Waals surface area contributed by atoms with E-state index in [2.05, 4.69) is 6.07 Å². The second-order valence-corrected chi connectivity index (χ2v) is 3.74. The maximum absolute atomic E-state index is 9.07. The van der Waals surface area contributed by atoms with Gasteiger partial charge in [-0.25, -0.2) is 0 Å². The third-order valence-corrected chi connectivity index (χ3v) is 2.79. The second kappa shape index (κ2) is 3.84. The third-order valence-electron chi connectivity index (χ3n) is 2.79. The fourth-order valence-electron chi connectivity index (χ4n) is 2.01. The molecule has 0 aliphatic carbocycles. The van der Waals surface area contributed by atoms with Crippen molar-refractivity contribution in [2.24, 2.45) is 0 Å². The van der Waals surface area contributed by atoms with Gasteiger partial charge in [0, 0.05) is 5.56 Å². The lowest BCUT2D eigenvalue weighted by atomic mass is 10.00. The van der Waals surface area contributed by atoms with Crippen LogP contribution in [0.5, 0.6) is 0 Å². The topological polar surface area (TPSA) is 42.2 Å². The van der Waals surface area contributed by atoms with Crippen LogP contribution in [-0.4, -0.2) is 0 Å². The second-order valence-electron chi connectivity index (χ2n) is 3.74. The average Bonchev–Trinajstić information content (AvgIpc) is 2.91. The molecule has 3 rings (SSSR count). The Hall–Kier alpha value is -2.47. The van der Waals surface area contributed by atoms with Gasteiger partial charge in [0.25, 0.3) is 6.29 Å². The SMILES string of the molecule is N#Cc1ccc(C2OC=CO2)c2ccccc12. The highest BCUT2D eigenvalue weighted by molar-refractivity contribution is 5.90. The van der Waals surface area contributed by atoms with Gasteiger partial charge in [0.05, 0.1) is 11.6 Å². The van der Waals surface area contributed by atoms with Crippen LogP contribution in [0, 0.1) is 11.3 Å². The first-order chi connectivity index (χ1) is 8.40. The maximum Gasteiger partial charge on any atom is 0.266 e. The molecule has 0 saturated carbocycles. The largest absolute Gasteiger partial charge is 0.455 e. The molecule has 3 heteroatoms. The zero-order valence-electron chi connectivity index (χ0n) is 8.96. The van der Waals surface area contributed by atoms with Crippen LogP contribution in [0.4, 0.5) is 0 Å². The van der Waals surface area contributed by atoms with Crippen LogP contribution in [0.3, 0.4) is 0 Å². The van der Waals surface area contributed by atoms with Crippen molar-refractivity contribution in [3.8, 4) is 6.07 Å². The zero-order chi connectivity index (χ0) is 11.7. The van der Waals surface area contributed by atoms with Crippen LogP contribution < -0.4 is 0 Å². The van der Waals surface area contributed by atoms with E-state index in [4.69, 9.17) is 14.7 Å². The van der Waals surface area contributed by atoms with Crippen LogP contribution in [0.2, 0.25) is 0 Å². The van der Waals surface area contributed by atoms with E-state index in [0.717, 1.165) is 16.3 Å². The van der Waals surface area contributed by atoms with Gasteiger partial charge in [-0.05, 0) is 22.9 Å². The van der Waals surface area contributed by atoms with Crippen molar-refractivity contribution in [2.45, 2.75) is 6.29 Å². The predicted molar refractivity (Wildman–Crippen MR) is 62.7 cm³/mol. The molecule has 17 heavy (non-hydrogen) atoms. The summed E-state index contributed by atoms with van der Waals surface area (Å²) < 4.78 is 10.7. The van der Waals surface area contributed by atoms with Gasteiger partial charge in [0.15, 0.2) is 0 Å². The van der Waals surface area contributed by atoms with E-state index in [1.807, 2.05) is 30.3 Å². The standard InChI is InChI=1S/C14H9NO2/c15-9-10-5-6-13(14-16-7-8-17-14)12-4-2-1-3-11(10)12/h1-8,14H. The van der Waals surface area contributed by atoms with E-state index in [-0.39, 0.29) is 0 Å². The minimum atomic E-state index is -0.410. The highest BCUT2D eigenvalue weighted by Crippen LogP contribution is 2.31. The van der Waals surface area contributed by atoms with E-state index in [0.29, 0.717) is 5.56 Å². The predicted octanol–water partition coefficient (Wildman–Crippen LogP) is 3.23. The lowest BCUT2D eigenvalue weighted by Crippen LogP contribution is -1.99. The van der Waals surface area contributed by atoms with Crippen molar-refractivity contribution < 1.29 is 9.47 Å². The summed E-state index contributed by atoms with van der Waals surface area (Å²) in [4.78, 5) is 0. The van der Waals surface area contributed by atoms with E-state index >= 15 is 0 Å². The summed E-state index contributed by atoms with van der Waals surface area (Å²) in [6.07, 6.45) is 2.64. The molecule has 1 aliphatic rings. The molecular weight excluding hydrogens is 214 g/mol. The molecule has 2 aromatic carbocycles. The molecule has 0 aromatic heterocycles. The highest BCUT2D eigenvalue weighted by atomic mass is 16.7. The maximum atomic E-state index is 9.07. The van der Waals surface area contributed by atoms with E-state index in [1.165, 1.54) is 12.5 Å². The molecule has 0 fully saturated rings. The number of ether oxygens (including phenoxy) is 2. The summed E-state index contributed by atoms with van der Waals surface area (Å²) >= 11 is 0. The Bertz CT molecular complexity index is 632. The molecule has 1 heterocycles. The minimum absolute atomic E-state index is 0.410. The molecule has 0 bridgehead atoms. The van der Waals surface area contributed by atoms with Crippen LogP contribution in [0.15, 0.2) is 48.9 Å². The Morgan fingerprint density at radius 2 is 1.65 bits per heavy atom. The molecule has 0 amide bonds. The van der Waals surface area contributed by atoms with Gasteiger partial charge in [-0.2, -0.15) is 5.26 Å². The first-order valence-electron chi connectivity index (χ1n) is 5.28. The smallest absolute Gasteiger partial charge is 0.266 e. The summed E-state index contributed by atoms with van der Waals surface area (Å²) in [5.41, 5.74) is 1.60. The van der Waals surface area contributed by atoms with Crippen molar-refractivity contribution in [3.63, 3.8) is 0 Å². The summed E-state index contributed by atoms with van der Waals surface area (Å²) in [5, 5.41) is 11.0. The Balaban J connectivity index is 2.24. The minimum Gasteiger partial charge on any atom is -0.455 e. The van der Waals surface area contributed by atoms with Gasteiger partial charge in [0.1, 0.15) is 12.5 Å². The van der Waals surface area contributed by atoms with Gasteiger partial charge in [-0.15, -0.1) is 0 Å². The van der Waals surface area contributed by atoms with E-state index in [1.54, 1.807) is 6.07 Å². The van der Waals surface area contributed by atoms with Gasteiger partial charge in [-0.1, -0.05) is 24.3 Å². The van der Waals surface area contributed by atoms with Crippen molar-refractivity contribution in [1.82, 2.24) is 0 Å². The zero-order valence-corrected chi connectivity index (χ0v) is 8.96. The Morgan fingerprint density at radius 1 is 0.941 bits per heavy atom. The molecule has 0 atom stereocenters. The molecule has 82 valence electrons. The van der Waals surface area contributed by atoms with E-state index in [9.17, 15) is 0 Å². The number of hydrogen-bond acceptors (Lipinski definition) is 3. The van der Waals surface area contributed by atoms with Crippen molar-refractivity contribution in [1.29, 1.82) is 5.26 Å². The highest BCUT2D eigenvalue weighted by Gasteiger charge is 2.18. The van der Waals surface area contributed by atoms with Crippen LogP contribution >= 0.6 is 0 Å². The fraction of sp³-hybridized carbons (Fsp3) is 0.0714. The van der Waals surface area contributed by atoms with Crippen LogP contribution in [0.1, 0.15) is 17.4 Å². The van der Waals surface area contributed by atoms with Crippen molar-refractivity contribution in [3.05, 3.63) is 60.0 Å². The van der Waals surface area contributed by atoms with Crippen molar-refractivity contribution >= 4 is 10.8 Å². The molecule has 3 nitrogen and oxygen atoms in total. The molecule has 0 spiro atoms. The monoisotopic (exact) mass is 223 g/mol. The Morgan fingerprint density at radius 3 is 2.35 bits per heavy atom. The lowest BCUT2D eigenvalue weighted by molar-refractivity contribution is -0.0234. The number of nitriles is 1. The fourth-order valence-corrected chi connectivity index (χ4v) is 2.01. The molecule has 0 unspecified atom stereocenters. The molecule has 2 aromatic rings. The summed E-state index contributed by atoms with van der Waals surface area (Å²) in [6, 6.07) is 13.6. The molecule has 1 aliphatic heterocycles. The molecule has 0 N–H and O–H groups in total. The normalized spacial score (nSPS) is 14.3. The summed E-state index contributed by atoms with van der Waals surface area (Å²) in [7, 11) is 0. The Kier molecular flexibility index (Phi) is 2.20. The molecule has 0 radical (unpaired) electrons. The average molecular weight is 223 g/mol. The molecule has 0 saturated heterocycles. The number of rotatable bonds is 1. The van der Waals surface area contributed by atoms with Gasteiger partial charge >= 0.3 is 0 Å². The Labute approximate surface area is 98.5 Å². The van der Waals surface area contributed by atoms with Crippen LogP contribution in [0.25, 0.3) is 10.8 Å². The van der Waals surface area contributed by atoms with Gasteiger partial charge in [-0.3, -0.25) is 0 Å². The first-order valence-corrected chi connectivity index (χ1v) is 5.28. The third kappa shape index (κ3) is 1.51. The quantitative estimate of drug-likeness (QED) is 0.745. The number of hydrogen-bond donors (Lipinski definition) is 0. The summed E-state index contributed by atoms with van der Waals surface area (Å²) in [5.74, 6) is 0.